The number of alkyl halides is 3. The van der Waals surface area contributed by atoms with Crippen LogP contribution >= 0.6 is 0 Å². The molecule has 1 saturated carbocycles. The van der Waals surface area contributed by atoms with Crippen LogP contribution in [-0.4, -0.2) is 63.0 Å². The number of hydrogen-bond donors (Lipinski definition) is 0. The lowest BCUT2D eigenvalue weighted by Gasteiger charge is -2.28. The van der Waals surface area contributed by atoms with Crippen LogP contribution in [-0.2, 0) is 17.8 Å². The molecule has 1 amide bonds. The van der Waals surface area contributed by atoms with Gasteiger partial charge in [0.05, 0.1) is 25.0 Å². The van der Waals surface area contributed by atoms with Gasteiger partial charge in [0, 0.05) is 38.1 Å². The first-order chi connectivity index (χ1) is 15.3. The molecule has 32 heavy (non-hydrogen) atoms. The van der Waals surface area contributed by atoms with Crippen molar-refractivity contribution >= 4 is 6.09 Å². The number of halogens is 3. The summed E-state index contributed by atoms with van der Waals surface area (Å²) in [6, 6.07) is 3.24. The molecule has 1 atom stereocenters. The van der Waals surface area contributed by atoms with E-state index in [1.165, 1.54) is 17.9 Å². The number of nitrogens with zero attached hydrogens (tertiary/aromatic N) is 5. The monoisotopic (exact) mass is 453 g/mol. The number of carbonyl (C=O) groups is 1. The fourth-order valence-corrected chi connectivity index (χ4v) is 4.16. The zero-order valence-corrected chi connectivity index (χ0v) is 17.8. The topological polar surface area (TPSA) is 82.4 Å². The van der Waals surface area contributed by atoms with Crippen LogP contribution in [0.1, 0.15) is 43.5 Å². The predicted octanol–water partition coefficient (Wildman–Crippen LogP) is 3.72. The van der Waals surface area contributed by atoms with Gasteiger partial charge in [0.2, 0.25) is 11.8 Å². The smallest absolute Gasteiger partial charge is 0.409 e. The van der Waals surface area contributed by atoms with Gasteiger partial charge in [0.1, 0.15) is 12.8 Å². The third-order valence-corrected chi connectivity index (χ3v) is 5.93. The Kier molecular flexibility index (Phi) is 6.52. The standard InChI is InChI=1S/C21H26F3N5O3/c1-31-20(30)28-8-5-17(13-28)32-18-11-16(10-14-2-6-21(23,24)7-3-14)25-19(26-18)29-9-4-15(12-22)27-29/h4,9,11,14,17H,2-3,5-8,10,12-13H2,1H3. The van der Waals surface area contributed by atoms with Gasteiger partial charge in [-0.1, -0.05) is 0 Å². The second kappa shape index (κ2) is 9.33. The van der Waals surface area contributed by atoms with Crippen molar-refractivity contribution in [1.29, 1.82) is 0 Å². The lowest BCUT2D eigenvalue weighted by atomic mass is 9.84. The third-order valence-electron chi connectivity index (χ3n) is 5.93. The first-order valence-electron chi connectivity index (χ1n) is 10.7. The molecule has 2 fully saturated rings. The Morgan fingerprint density at radius 1 is 1.22 bits per heavy atom. The molecule has 3 heterocycles. The van der Waals surface area contributed by atoms with E-state index in [0.717, 1.165) is 0 Å². The molecule has 4 rings (SSSR count). The molecule has 0 radical (unpaired) electrons. The highest BCUT2D eigenvalue weighted by atomic mass is 19.3. The summed E-state index contributed by atoms with van der Waals surface area (Å²) >= 11 is 0. The fourth-order valence-electron chi connectivity index (χ4n) is 4.16. The second-order valence-corrected chi connectivity index (χ2v) is 8.33. The molecule has 11 heteroatoms. The molecule has 2 aliphatic rings. The molecule has 1 unspecified atom stereocenters. The van der Waals surface area contributed by atoms with Crippen molar-refractivity contribution in [3.8, 4) is 11.8 Å². The van der Waals surface area contributed by atoms with E-state index in [1.807, 2.05) is 0 Å². The van der Waals surface area contributed by atoms with Crippen LogP contribution in [0, 0.1) is 5.92 Å². The van der Waals surface area contributed by atoms with Crippen LogP contribution in [0.2, 0.25) is 0 Å². The number of amides is 1. The number of hydrogen-bond acceptors (Lipinski definition) is 6. The summed E-state index contributed by atoms with van der Waals surface area (Å²) in [7, 11) is 1.33. The van der Waals surface area contributed by atoms with Crippen molar-refractivity contribution in [3.05, 3.63) is 29.7 Å². The van der Waals surface area contributed by atoms with E-state index in [0.29, 0.717) is 50.3 Å². The van der Waals surface area contributed by atoms with Crippen molar-refractivity contribution in [1.82, 2.24) is 24.6 Å². The molecule has 174 valence electrons. The average molecular weight is 453 g/mol. The molecule has 0 aromatic carbocycles. The van der Waals surface area contributed by atoms with E-state index < -0.39 is 18.7 Å². The van der Waals surface area contributed by atoms with Gasteiger partial charge in [-0.05, 0) is 31.2 Å². The van der Waals surface area contributed by atoms with Gasteiger partial charge in [0.15, 0.2) is 0 Å². The number of likely N-dealkylation sites (tertiary alicyclic amines) is 1. The Labute approximate surface area is 183 Å². The summed E-state index contributed by atoms with van der Waals surface area (Å²) < 4.78 is 52.1. The molecule has 2 aromatic heterocycles. The van der Waals surface area contributed by atoms with E-state index >= 15 is 0 Å². The maximum Gasteiger partial charge on any atom is 0.409 e. The number of aromatic nitrogens is 4. The molecule has 0 spiro atoms. The van der Waals surface area contributed by atoms with Crippen LogP contribution in [0.15, 0.2) is 18.3 Å². The molecule has 0 N–H and O–H groups in total. The van der Waals surface area contributed by atoms with Gasteiger partial charge in [-0.15, -0.1) is 0 Å². The Hall–Kier alpha value is -2.85. The largest absolute Gasteiger partial charge is 0.472 e. The van der Waals surface area contributed by atoms with Crippen LogP contribution < -0.4 is 4.74 Å². The quantitative estimate of drug-likeness (QED) is 0.663. The van der Waals surface area contributed by atoms with E-state index in [2.05, 4.69) is 15.1 Å². The first-order valence-corrected chi connectivity index (χ1v) is 10.7. The van der Waals surface area contributed by atoms with Gasteiger partial charge in [-0.25, -0.2) is 27.6 Å². The zero-order valence-electron chi connectivity index (χ0n) is 17.8. The van der Waals surface area contributed by atoms with Crippen LogP contribution in [0.4, 0.5) is 18.0 Å². The molecule has 2 aromatic rings. The van der Waals surface area contributed by atoms with Crippen LogP contribution in [0.3, 0.4) is 0 Å². The minimum absolute atomic E-state index is 0.0885. The van der Waals surface area contributed by atoms with Crippen molar-refractivity contribution in [2.75, 3.05) is 20.2 Å². The normalized spacial score (nSPS) is 21.0. The van der Waals surface area contributed by atoms with Crippen molar-refractivity contribution < 1.29 is 27.4 Å². The van der Waals surface area contributed by atoms with Gasteiger partial charge in [-0.2, -0.15) is 10.1 Å². The van der Waals surface area contributed by atoms with Crippen LogP contribution in [0.25, 0.3) is 5.95 Å². The first kappa shape index (κ1) is 22.3. The Morgan fingerprint density at radius 2 is 2.00 bits per heavy atom. The summed E-state index contributed by atoms with van der Waals surface area (Å²) in [5.74, 6) is -1.97. The van der Waals surface area contributed by atoms with Crippen molar-refractivity contribution in [3.63, 3.8) is 0 Å². The summed E-state index contributed by atoms with van der Waals surface area (Å²) in [4.78, 5) is 22.2. The number of ether oxygens (including phenoxy) is 2. The number of carbonyl (C=O) groups excluding carboxylic acids is 1. The highest BCUT2D eigenvalue weighted by molar-refractivity contribution is 5.67. The van der Waals surface area contributed by atoms with E-state index in [1.54, 1.807) is 17.2 Å². The molecule has 1 saturated heterocycles. The van der Waals surface area contributed by atoms with Gasteiger partial charge < -0.3 is 14.4 Å². The predicted molar refractivity (Wildman–Crippen MR) is 108 cm³/mol. The van der Waals surface area contributed by atoms with Gasteiger partial charge in [0.25, 0.3) is 5.95 Å². The second-order valence-electron chi connectivity index (χ2n) is 8.33. The van der Waals surface area contributed by atoms with Gasteiger partial charge in [-0.3, -0.25) is 0 Å². The maximum atomic E-state index is 13.5. The molecular weight excluding hydrogens is 427 g/mol. The van der Waals surface area contributed by atoms with E-state index in [9.17, 15) is 18.0 Å². The summed E-state index contributed by atoms with van der Waals surface area (Å²) in [5.41, 5.74) is 0.904. The van der Waals surface area contributed by atoms with Crippen molar-refractivity contribution in [2.24, 2.45) is 5.92 Å². The number of rotatable bonds is 6. The van der Waals surface area contributed by atoms with E-state index in [4.69, 9.17) is 9.47 Å². The lowest BCUT2D eigenvalue weighted by molar-refractivity contribution is -0.0457. The highest BCUT2D eigenvalue weighted by Crippen LogP contribution is 2.37. The Bertz CT molecular complexity index is 945. The number of methoxy groups -OCH3 is 1. The van der Waals surface area contributed by atoms with Crippen molar-refractivity contribution in [2.45, 2.75) is 57.2 Å². The highest BCUT2D eigenvalue weighted by Gasteiger charge is 2.35. The van der Waals surface area contributed by atoms with Crippen LogP contribution in [0.5, 0.6) is 5.88 Å². The maximum absolute atomic E-state index is 13.5. The summed E-state index contributed by atoms with van der Waals surface area (Å²) in [6.07, 6.45) is 2.62. The van der Waals surface area contributed by atoms with Gasteiger partial charge >= 0.3 is 6.09 Å². The average Bonchev–Trinajstić information content (AvgIpc) is 3.44. The minimum Gasteiger partial charge on any atom is -0.472 e. The molecular formula is C21H26F3N5O3. The fraction of sp³-hybridized carbons (Fsp3) is 0.619. The Balaban J connectivity index is 1.53. The minimum atomic E-state index is -2.59. The molecule has 1 aliphatic carbocycles. The molecule has 1 aliphatic heterocycles. The SMILES string of the molecule is COC(=O)N1CCC(Oc2cc(CC3CCC(F)(F)CC3)nc(-n3ccc(CF)n3)n2)C1. The lowest BCUT2D eigenvalue weighted by Crippen LogP contribution is -2.30. The zero-order chi connectivity index (χ0) is 22.7. The Morgan fingerprint density at radius 3 is 2.69 bits per heavy atom. The molecule has 8 nitrogen and oxygen atoms in total. The summed E-state index contributed by atoms with van der Waals surface area (Å²) in [5, 5.41) is 4.12. The third kappa shape index (κ3) is 5.31. The summed E-state index contributed by atoms with van der Waals surface area (Å²) in [6.45, 7) is 0.169. The molecule has 0 bridgehead atoms. The van der Waals surface area contributed by atoms with E-state index in [-0.39, 0.29) is 36.5 Å².